The van der Waals surface area contributed by atoms with E-state index in [9.17, 15) is 0 Å². The van der Waals surface area contributed by atoms with Crippen LogP contribution in [0.1, 0.15) is 11.1 Å². The molecule has 0 aliphatic heterocycles. The number of nitrogens with zero attached hydrogens (tertiary/aromatic N) is 2. The Morgan fingerprint density at radius 1 is 0.366 bits per heavy atom. The molecule has 0 N–H and O–H groups in total. The van der Waals surface area contributed by atoms with E-state index in [0.29, 0.717) is 0 Å². The van der Waals surface area contributed by atoms with Crippen LogP contribution in [0.3, 0.4) is 0 Å². The summed E-state index contributed by atoms with van der Waals surface area (Å²) in [5, 5.41) is 0. The summed E-state index contributed by atoms with van der Waals surface area (Å²) in [5.41, 5.74) is 11.6. The maximum absolute atomic E-state index is 3.58. The van der Waals surface area contributed by atoms with Crippen LogP contribution in [0.5, 0.6) is 0 Å². The normalized spacial score (nSPS) is 10.8. The molecule has 0 saturated carbocycles. The smallest absolute Gasteiger partial charge is 0.0464 e. The van der Waals surface area contributed by atoms with Gasteiger partial charge in [-0.15, -0.1) is 0 Å². The Labute approximate surface area is 251 Å². The van der Waals surface area contributed by atoms with E-state index < -0.39 is 0 Å². The van der Waals surface area contributed by atoms with Gasteiger partial charge in [0.05, 0.1) is 0 Å². The molecule has 0 heterocycles. The fourth-order valence-corrected chi connectivity index (χ4v) is 5.47. The van der Waals surface area contributed by atoms with Gasteiger partial charge in [0.15, 0.2) is 0 Å². The molecule has 6 rings (SSSR count). The molecule has 0 aliphatic carbocycles. The second-order valence-corrected chi connectivity index (χ2v) is 11.2. The predicted octanol–water partition coefficient (Wildman–Crippen LogP) is 11.7. The third kappa shape index (κ3) is 5.96. The van der Waals surface area contributed by atoms with Crippen molar-refractivity contribution >= 4 is 50.1 Å². The SMILES string of the molecule is Cc1cccc(N(c2ccccc2)c2ccc(-c3ccc(N(c4ccc(Br)cc4)c4cccc(C)c4)cc3)cc2)c1. The van der Waals surface area contributed by atoms with Gasteiger partial charge in [-0.1, -0.05) is 82.7 Å². The summed E-state index contributed by atoms with van der Waals surface area (Å²) < 4.78 is 1.07. The minimum absolute atomic E-state index is 1.07. The van der Waals surface area contributed by atoms with Gasteiger partial charge in [0.25, 0.3) is 0 Å². The highest BCUT2D eigenvalue weighted by molar-refractivity contribution is 9.10. The third-order valence-electron chi connectivity index (χ3n) is 7.20. The summed E-state index contributed by atoms with van der Waals surface area (Å²) >= 11 is 3.58. The lowest BCUT2D eigenvalue weighted by Crippen LogP contribution is -2.10. The first-order chi connectivity index (χ1) is 20.0. The Hall–Kier alpha value is -4.60. The molecule has 6 aromatic rings. The van der Waals surface area contributed by atoms with Crippen molar-refractivity contribution in [2.75, 3.05) is 9.80 Å². The topological polar surface area (TPSA) is 6.48 Å². The largest absolute Gasteiger partial charge is 0.310 e. The lowest BCUT2D eigenvalue weighted by molar-refractivity contribution is 1.27. The molecule has 6 aromatic carbocycles. The standard InChI is InChI=1S/C38H31BrN2/c1-28-8-6-12-37(26-28)40(33-10-4-3-5-11-33)34-20-14-30(15-21-34)31-16-22-35(23-17-31)41(36-24-18-32(39)19-25-36)38-13-7-9-29(2)27-38/h3-27H,1-2H3. The highest BCUT2D eigenvalue weighted by Gasteiger charge is 2.15. The number of benzene rings is 6. The molecule has 0 aliphatic rings. The summed E-state index contributed by atoms with van der Waals surface area (Å²) in [5.74, 6) is 0. The lowest BCUT2D eigenvalue weighted by Gasteiger charge is -2.26. The Morgan fingerprint density at radius 2 is 0.732 bits per heavy atom. The summed E-state index contributed by atoms with van der Waals surface area (Å²) in [6.45, 7) is 4.27. The zero-order valence-corrected chi connectivity index (χ0v) is 24.8. The van der Waals surface area contributed by atoms with Crippen LogP contribution in [-0.2, 0) is 0 Å². The molecular formula is C38H31BrN2. The van der Waals surface area contributed by atoms with Crippen molar-refractivity contribution in [3.63, 3.8) is 0 Å². The van der Waals surface area contributed by atoms with E-state index in [4.69, 9.17) is 0 Å². The number of hydrogen-bond acceptors (Lipinski definition) is 2. The average molecular weight is 596 g/mol. The van der Waals surface area contributed by atoms with Gasteiger partial charge in [0.1, 0.15) is 0 Å². The van der Waals surface area contributed by atoms with Crippen molar-refractivity contribution in [2.45, 2.75) is 13.8 Å². The molecule has 0 spiro atoms. The van der Waals surface area contributed by atoms with E-state index in [0.717, 1.165) is 38.6 Å². The number of aryl methyl sites for hydroxylation is 2. The molecule has 3 heteroatoms. The van der Waals surface area contributed by atoms with Gasteiger partial charge in [0.2, 0.25) is 0 Å². The van der Waals surface area contributed by atoms with Crippen LogP contribution >= 0.6 is 15.9 Å². The Balaban J connectivity index is 1.32. The van der Waals surface area contributed by atoms with Gasteiger partial charge < -0.3 is 9.80 Å². The van der Waals surface area contributed by atoms with E-state index in [1.807, 2.05) is 0 Å². The van der Waals surface area contributed by atoms with Gasteiger partial charge in [-0.2, -0.15) is 0 Å². The zero-order valence-electron chi connectivity index (χ0n) is 23.2. The van der Waals surface area contributed by atoms with Gasteiger partial charge in [-0.25, -0.2) is 0 Å². The van der Waals surface area contributed by atoms with Gasteiger partial charge >= 0.3 is 0 Å². The first-order valence-corrected chi connectivity index (χ1v) is 14.6. The predicted molar refractivity (Wildman–Crippen MR) is 178 cm³/mol. The summed E-state index contributed by atoms with van der Waals surface area (Å²) in [6, 6.07) is 53.9. The molecule has 0 radical (unpaired) electrons. The number of rotatable bonds is 7. The fraction of sp³-hybridized carbons (Fsp3) is 0.0526. The van der Waals surface area contributed by atoms with Crippen molar-refractivity contribution in [1.29, 1.82) is 0 Å². The highest BCUT2D eigenvalue weighted by atomic mass is 79.9. The molecule has 0 fully saturated rings. The zero-order chi connectivity index (χ0) is 28.2. The molecule has 0 amide bonds. The maximum Gasteiger partial charge on any atom is 0.0464 e. The van der Waals surface area contributed by atoms with Crippen LogP contribution in [0, 0.1) is 13.8 Å². The van der Waals surface area contributed by atoms with Crippen LogP contribution in [0.4, 0.5) is 34.1 Å². The maximum atomic E-state index is 3.58. The molecule has 2 nitrogen and oxygen atoms in total. The fourth-order valence-electron chi connectivity index (χ4n) is 5.20. The highest BCUT2D eigenvalue weighted by Crippen LogP contribution is 2.38. The van der Waals surface area contributed by atoms with Crippen molar-refractivity contribution < 1.29 is 0 Å². The molecule has 0 atom stereocenters. The second kappa shape index (κ2) is 11.9. The number of hydrogen-bond donors (Lipinski definition) is 0. The average Bonchev–Trinajstić information content (AvgIpc) is 3.00. The number of para-hydroxylation sites is 1. The van der Waals surface area contributed by atoms with Crippen molar-refractivity contribution in [2.24, 2.45) is 0 Å². The molecule has 200 valence electrons. The second-order valence-electron chi connectivity index (χ2n) is 10.3. The Bertz CT molecular complexity index is 1740. The van der Waals surface area contributed by atoms with E-state index in [2.05, 4.69) is 191 Å². The van der Waals surface area contributed by atoms with Crippen LogP contribution in [0.2, 0.25) is 0 Å². The molecule has 0 aromatic heterocycles. The van der Waals surface area contributed by atoms with E-state index in [1.54, 1.807) is 0 Å². The quantitative estimate of drug-likeness (QED) is 0.181. The van der Waals surface area contributed by atoms with Crippen LogP contribution in [-0.4, -0.2) is 0 Å². The minimum Gasteiger partial charge on any atom is -0.310 e. The van der Waals surface area contributed by atoms with Gasteiger partial charge in [-0.3, -0.25) is 0 Å². The summed E-state index contributed by atoms with van der Waals surface area (Å²) in [4.78, 5) is 4.60. The third-order valence-corrected chi connectivity index (χ3v) is 7.73. The van der Waals surface area contributed by atoms with Crippen molar-refractivity contribution in [1.82, 2.24) is 0 Å². The van der Waals surface area contributed by atoms with E-state index in [-0.39, 0.29) is 0 Å². The molecular weight excluding hydrogens is 564 g/mol. The Morgan fingerprint density at radius 3 is 1.15 bits per heavy atom. The molecule has 0 bridgehead atoms. The number of halogens is 1. The van der Waals surface area contributed by atoms with E-state index >= 15 is 0 Å². The van der Waals surface area contributed by atoms with Gasteiger partial charge in [0, 0.05) is 38.6 Å². The van der Waals surface area contributed by atoms with Crippen LogP contribution in [0.15, 0.2) is 156 Å². The van der Waals surface area contributed by atoms with Crippen molar-refractivity contribution in [3.05, 3.63) is 167 Å². The van der Waals surface area contributed by atoms with E-state index in [1.165, 1.54) is 22.3 Å². The summed E-state index contributed by atoms with van der Waals surface area (Å²) in [6.07, 6.45) is 0. The monoisotopic (exact) mass is 594 g/mol. The van der Waals surface area contributed by atoms with Crippen LogP contribution < -0.4 is 9.80 Å². The van der Waals surface area contributed by atoms with Crippen LogP contribution in [0.25, 0.3) is 11.1 Å². The lowest BCUT2D eigenvalue weighted by atomic mass is 10.0. The first-order valence-electron chi connectivity index (χ1n) is 13.8. The van der Waals surface area contributed by atoms with Crippen molar-refractivity contribution in [3.8, 4) is 11.1 Å². The molecule has 0 unspecified atom stereocenters. The minimum atomic E-state index is 1.07. The molecule has 41 heavy (non-hydrogen) atoms. The molecule has 0 saturated heterocycles. The Kier molecular flexibility index (Phi) is 7.71. The van der Waals surface area contributed by atoms with Gasteiger partial charge in [-0.05, 0) is 121 Å². The summed E-state index contributed by atoms with van der Waals surface area (Å²) in [7, 11) is 0. The first kappa shape index (κ1) is 26.6. The number of anilines is 6.